The minimum Gasteiger partial charge on any atom is -0.465 e. The van der Waals surface area contributed by atoms with Gasteiger partial charge in [-0.3, -0.25) is 14.4 Å². The van der Waals surface area contributed by atoms with Gasteiger partial charge in [-0.25, -0.2) is 0 Å². The molecule has 0 aromatic rings. The predicted octanol–water partition coefficient (Wildman–Crippen LogP) is 1.37. The molecule has 2 bridgehead atoms. The van der Waals surface area contributed by atoms with Crippen LogP contribution in [0.25, 0.3) is 0 Å². The van der Waals surface area contributed by atoms with Gasteiger partial charge in [0.25, 0.3) is 0 Å². The van der Waals surface area contributed by atoms with Crippen molar-refractivity contribution in [2.75, 3.05) is 6.61 Å². The fraction of sp³-hybridized carbons (Fsp3) is 0.824. The second-order valence-corrected chi connectivity index (χ2v) is 7.31. The predicted molar refractivity (Wildman–Crippen MR) is 80.8 cm³/mol. The first-order valence-electron chi connectivity index (χ1n) is 8.56. The van der Waals surface area contributed by atoms with Crippen molar-refractivity contribution >= 4 is 17.9 Å². The van der Waals surface area contributed by atoms with Crippen molar-refractivity contribution in [3.05, 3.63) is 0 Å². The first kappa shape index (κ1) is 17.2. The van der Waals surface area contributed by atoms with Crippen LogP contribution in [-0.4, -0.2) is 48.9 Å². The van der Waals surface area contributed by atoms with Gasteiger partial charge in [-0.05, 0) is 33.1 Å². The van der Waals surface area contributed by atoms with Crippen molar-refractivity contribution in [2.45, 2.75) is 70.9 Å². The summed E-state index contributed by atoms with van der Waals surface area (Å²) < 4.78 is 21.5. The summed E-state index contributed by atoms with van der Waals surface area (Å²) in [4.78, 5) is 35.4. The van der Waals surface area contributed by atoms with E-state index >= 15 is 0 Å². The molecule has 0 N–H and O–H groups in total. The van der Waals surface area contributed by atoms with Crippen LogP contribution < -0.4 is 0 Å². The number of esters is 3. The third-order valence-corrected chi connectivity index (χ3v) is 5.25. The molecule has 134 valence electrons. The molecule has 5 atom stereocenters. The van der Waals surface area contributed by atoms with Gasteiger partial charge in [-0.2, -0.15) is 0 Å². The maximum absolute atomic E-state index is 12.0. The quantitative estimate of drug-likeness (QED) is 0.393. The minimum atomic E-state index is -0.510. The Hall–Kier alpha value is -1.63. The fourth-order valence-electron chi connectivity index (χ4n) is 3.31. The Morgan fingerprint density at radius 1 is 1.29 bits per heavy atom. The summed E-state index contributed by atoms with van der Waals surface area (Å²) in [5, 5.41) is 0. The van der Waals surface area contributed by atoms with E-state index in [4.69, 9.17) is 18.9 Å². The van der Waals surface area contributed by atoms with E-state index < -0.39 is 17.6 Å². The van der Waals surface area contributed by atoms with Gasteiger partial charge in [-0.15, -0.1) is 0 Å². The fourth-order valence-corrected chi connectivity index (χ4v) is 3.31. The van der Waals surface area contributed by atoms with E-state index in [1.54, 1.807) is 0 Å². The minimum absolute atomic E-state index is 0.151. The summed E-state index contributed by atoms with van der Waals surface area (Å²) in [5.41, 5.74) is -0.510. The SMILES string of the molecule is CCC(C)(C)C(=O)OCCCC(=O)OC1C2CC3C(=O)OC1C3O2. The highest BCUT2D eigenvalue weighted by Gasteiger charge is 2.65. The lowest BCUT2D eigenvalue weighted by Crippen LogP contribution is -2.40. The molecule has 0 aromatic heterocycles. The summed E-state index contributed by atoms with van der Waals surface area (Å²) in [6.45, 7) is 5.77. The van der Waals surface area contributed by atoms with E-state index in [2.05, 4.69) is 0 Å². The molecule has 3 rings (SSSR count). The van der Waals surface area contributed by atoms with Crippen molar-refractivity contribution in [1.29, 1.82) is 0 Å². The Morgan fingerprint density at radius 2 is 2.04 bits per heavy atom. The van der Waals surface area contributed by atoms with Crippen LogP contribution in [-0.2, 0) is 33.3 Å². The Morgan fingerprint density at radius 3 is 2.75 bits per heavy atom. The molecule has 7 heteroatoms. The standard InChI is InChI=1S/C17H24O7/c1-4-17(2,3)16(20)21-7-5-6-11(18)23-13-10-8-9-12(22-10)14(13)24-15(9)19/h9-10,12-14H,4-8H2,1-3H3. The molecule has 3 aliphatic rings. The summed E-state index contributed by atoms with van der Waals surface area (Å²) in [6.07, 6.45) is 0.318. The lowest BCUT2D eigenvalue weighted by atomic mass is 9.88. The topological polar surface area (TPSA) is 88.1 Å². The molecule has 5 unspecified atom stereocenters. The van der Waals surface area contributed by atoms with Gasteiger partial charge in [0.05, 0.1) is 24.0 Å². The molecule has 0 saturated carbocycles. The molecule has 0 radical (unpaired) electrons. The highest BCUT2D eigenvalue weighted by atomic mass is 16.7. The molecule has 0 aliphatic carbocycles. The molecule has 24 heavy (non-hydrogen) atoms. The maximum atomic E-state index is 12.0. The molecule has 0 aromatic carbocycles. The Bertz CT molecular complexity index is 541. The normalized spacial score (nSPS) is 33.5. The van der Waals surface area contributed by atoms with E-state index in [-0.39, 0.29) is 49.1 Å². The monoisotopic (exact) mass is 340 g/mol. The van der Waals surface area contributed by atoms with Gasteiger partial charge in [-0.1, -0.05) is 6.92 Å². The van der Waals surface area contributed by atoms with E-state index in [0.29, 0.717) is 19.3 Å². The smallest absolute Gasteiger partial charge is 0.312 e. The molecular weight excluding hydrogens is 316 g/mol. The average molecular weight is 340 g/mol. The van der Waals surface area contributed by atoms with Crippen LogP contribution in [0.3, 0.4) is 0 Å². The van der Waals surface area contributed by atoms with Gasteiger partial charge in [0, 0.05) is 6.42 Å². The molecule has 3 aliphatic heterocycles. The largest absolute Gasteiger partial charge is 0.465 e. The molecule has 0 amide bonds. The first-order chi connectivity index (χ1) is 11.3. The second-order valence-electron chi connectivity index (χ2n) is 7.31. The zero-order valence-corrected chi connectivity index (χ0v) is 14.3. The first-order valence-corrected chi connectivity index (χ1v) is 8.56. The third-order valence-electron chi connectivity index (χ3n) is 5.25. The number of fused-ring (bicyclic) bond motifs is 1. The van der Waals surface area contributed by atoms with Crippen LogP contribution in [0.5, 0.6) is 0 Å². The van der Waals surface area contributed by atoms with Gasteiger partial charge in [0.1, 0.15) is 6.10 Å². The number of ether oxygens (including phenoxy) is 4. The molecule has 7 nitrogen and oxygen atoms in total. The summed E-state index contributed by atoms with van der Waals surface area (Å²) in [7, 11) is 0. The number of carbonyl (C=O) groups excluding carboxylic acids is 3. The molecule has 3 heterocycles. The van der Waals surface area contributed by atoms with Crippen molar-refractivity contribution in [3.8, 4) is 0 Å². The van der Waals surface area contributed by atoms with E-state index in [1.807, 2.05) is 20.8 Å². The lowest BCUT2D eigenvalue weighted by Gasteiger charge is -2.22. The van der Waals surface area contributed by atoms with Crippen molar-refractivity contribution < 1.29 is 33.3 Å². The van der Waals surface area contributed by atoms with Gasteiger partial charge in [0.2, 0.25) is 0 Å². The average Bonchev–Trinajstić information content (AvgIpc) is 3.16. The van der Waals surface area contributed by atoms with Crippen LogP contribution in [0.15, 0.2) is 0 Å². The molecule has 3 saturated heterocycles. The van der Waals surface area contributed by atoms with Crippen LogP contribution in [0.2, 0.25) is 0 Å². The van der Waals surface area contributed by atoms with Crippen molar-refractivity contribution in [1.82, 2.24) is 0 Å². The number of hydrogen-bond donors (Lipinski definition) is 0. The molecule has 0 spiro atoms. The van der Waals surface area contributed by atoms with E-state index in [1.165, 1.54) is 0 Å². The highest BCUT2D eigenvalue weighted by Crippen LogP contribution is 2.47. The zero-order valence-electron chi connectivity index (χ0n) is 14.3. The highest BCUT2D eigenvalue weighted by molar-refractivity contribution is 5.78. The van der Waals surface area contributed by atoms with E-state index in [0.717, 1.165) is 0 Å². The summed E-state index contributed by atoms with van der Waals surface area (Å²) in [6, 6.07) is 0. The van der Waals surface area contributed by atoms with Gasteiger partial charge >= 0.3 is 17.9 Å². The Kier molecular flexibility index (Phi) is 4.55. The number of carbonyl (C=O) groups is 3. The zero-order chi connectivity index (χ0) is 17.5. The lowest BCUT2D eigenvalue weighted by molar-refractivity contribution is -0.161. The number of hydrogen-bond acceptors (Lipinski definition) is 7. The van der Waals surface area contributed by atoms with E-state index in [9.17, 15) is 14.4 Å². The summed E-state index contributed by atoms with van der Waals surface area (Å²) in [5.74, 6) is -1.10. The maximum Gasteiger partial charge on any atom is 0.312 e. The van der Waals surface area contributed by atoms with Crippen molar-refractivity contribution in [3.63, 3.8) is 0 Å². The van der Waals surface area contributed by atoms with Crippen LogP contribution >= 0.6 is 0 Å². The second kappa shape index (κ2) is 6.35. The Labute approximate surface area is 140 Å². The summed E-state index contributed by atoms with van der Waals surface area (Å²) >= 11 is 0. The Balaban J connectivity index is 1.38. The number of rotatable bonds is 7. The van der Waals surface area contributed by atoms with Crippen LogP contribution in [0.1, 0.15) is 46.5 Å². The third kappa shape index (κ3) is 3.01. The molecule has 3 fully saturated rings. The van der Waals surface area contributed by atoms with Crippen LogP contribution in [0, 0.1) is 11.3 Å². The van der Waals surface area contributed by atoms with Crippen molar-refractivity contribution in [2.24, 2.45) is 11.3 Å². The van der Waals surface area contributed by atoms with Crippen LogP contribution in [0.4, 0.5) is 0 Å². The van der Waals surface area contributed by atoms with Gasteiger partial charge < -0.3 is 18.9 Å². The van der Waals surface area contributed by atoms with Gasteiger partial charge in [0.15, 0.2) is 12.2 Å². The molecular formula is C17H24O7.